The molecule has 2 aliphatic heterocycles. The first-order valence-electron chi connectivity index (χ1n) is 11.6. The molecule has 2 heterocycles. The number of nitrogens with two attached hydrogens (primary N) is 1. The molecule has 3 aliphatic rings. The summed E-state index contributed by atoms with van der Waals surface area (Å²) in [6.45, 7) is 0.317. The monoisotopic (exact) mass is 480 g/mol. The molecule has 2 aromatic carbocycles. The van der Waals surface area contributed by atoms with Crippen LogP contribution in [-0.4, -0.2) is 75.1 Å². The molecule has 184 valence electrons. The summed E-state index contributed by atoms with van der Waals surface area (Å²) in [4.78, 5) is 36.5. The standard InChI is InChI=1S/C25H28N4O6/c26-19-12-33-24-20(13-34-23(19)24)29-22(31)10-27-21(30)9-28-25(32)35-11-18-16-7-3-1-5-14(16)15-6-2-4-8-17(15)18/h1-8,18-20,23-24H,9-13,26H2,(H,27,30)(H,28,32)(H,29,31)/t19-,20-,23+,24+/m0/s1. The van der Waals surface area contributed by atoms with Gasteiger partial charge in [-0.15, -0.1) is 0 Å². The van der Waals surface area contributed by atoms with Crippen LogP contribution in [0.1, 0.15) is 17.0 Å². The lowest BCUT2D eigenvalue weighted by Crippen LogP contribution is -2.49. The van der Waals surface area contributed by atoms with Crippen LogP contribution in [0.25, 0.3) is 11.1 Å². The average molecular weight is 481 g/mol. The van der Waals surface area contributed by atoms with E-state index in [-0.39, 0.29) is 55.8 Å². The first-order chi connectivity index (χ1) is 17.0. The highest BCUT2D eigenvalue weighted by atomic mass is 16.6. The minimum Gasteiger partial charge on any atom is -0.449 e. The second-order valence-electron chi connectivity index (χ2n) is 8.89. The maximum atomic E-state index is 12.2. The summed E-state index contributed by atoms with van der Waals surface area (Å²) < 4.78 is 16.6. The van der Waals surface area contributed by atoms with Gasteiger partial charge in [0.05, 0.1) is 31.8 Å². The van der Waals surface area contributed by atoms with Gasteiger partial charge in [-0.1, -0.05) is 48.5 Å². The van der Waals surface area contributed by atoms with Crippen LogP contribution in [0.2, 0.25) is 0 Å². The lowest BCUT2D eigenvalue weighted by Gasteiger charge is -2.17. The van der Waals surface area contributed by atoms with Crippen molar-refractivity contribution in [2.24, 2.45) is 5.73 Å². The van der Waals surface area contributed by atoms with Crippen molar-refractivity contribution in [3.05, 3.63) is 59.7 Å². The van der Waals surface area contributed by atoms with Gasteiger partial charge in [0.15, 0.2) is 0 Å². The number of rotatable bonds is 7. The Morgan fingerprint density at radius 2 is 1.49 bits per heavy atom. The Balaban J connectivity index is 1.03. The molecule has 35 heavy (non-hydrogen) atoms. The molecule has 10 heteroatoms. The van der Waals surface area contributed by atoms with Crippen molar-refractivity contribution in [1.29, 1.82) is 0 Å². The predicted molar refractivity (Wildman–Crippen MR) is 125 cm³/mol. The first-order valence-corrected chi connectivity index (χ1v) is 11.6. The summed E-state index contributed by atoms with van der Waals surface area (Å²) in [6, 6.07) is 15.6. The Hall–Kier alpha value is -3.47. The molecular weight excluding hydrogens is 452 g/mol. The molecule has 3 amide bonds. The van der Waals surface area contributed by atoms with E-state index in [1.807, 2.05) is 36.4 Å². The summed E-state index contributed by atoms with van der Waals surface area (Å²) in [6.07, 6.45) is -1.20. The third-order valence-corrected chi connectivity index (χ3v) is 6.62. The molecule has 0 unspecified atom stereocenters. The Kier molecular flexibility index (Phi) is 6.67. The number of hydrogen-bond donors (Lipinski definition) is 4. The summed E-state index contributed by atoms with van der Waals surface area (Å²) >= 11 is 0. The summed E-state index contributed by atoms with van der Waals surface area (Å²) in [5.41, 5.74) is 10.4. The van der Waals surface area contributed by atoms with E-state index in [0.29, 0.717) is 13.2 Å². The van der Waals surface area contributed by atoms with Gasteiger partial charge < -0.3 is 35.9 Å². The molecular formula is C25H28N4O6. The van der Waals surface area contributed by atoms with Gasteiger partial charge in [-0.3, -0.25) is 9.59 Å². The zero-order valence-corrected chi connectivity index (χ0v) is 19.1. The molecule has 5 rings (SSSR count). The molecule has 0 saturated carbocycles. The molecule has 0 spiro atoms. The molecule has 0 aromatic heterocycles. The van der Waals surface area contributed by atoms with Gasteiger partial charge >= 0.3 is 6.09 Å². The molecule has 4 atom stereocenters. The largest absolute Gasteiger partial charge is 0.449 e. The molecule has 2 aromatic rings. The van der Waals surface area contributed by atoms with E-state index in [2.05, 4.69) is 28.1 Å². The summed E-state index contributed by atoms with van der Waals surface area (Å²) in [7, 11) is 0. The number of fused-ring (bicyclic) bond motifs is 4. The Bertz CT molecular complexity index is 1080. The van der Waals surface area contributed by atoms with Crippen molar-refractivity contribution >= 4 is 17.9 Å². The number of ether oxygens (including phenoxy) is 3. The fourth-order valence-electron chi connectivity index (χ4n) is 4.95. The third kappa shape index (κ3) is 4.86. The van der Waals surface area contributed by atoms with Crippen molar-refractivity contribution in [3.8, 4) is 11.1 Å². The Morgan fingerprint density at radius 1 is 0.857 bits per heavy atom. The second-order valence-corrected chi connectivity index (χ2v) is 8.89. The van der Waals surface area contributed by atoms with Crippen LogP contribution < -0.4 is 21.7 Å². The van der Waals surface area contributed by atoms with E-state index in [1.54, 1.807) is 0 Å². The highest BCUT2D eigenvalue weighted by molar-refractivity contribution is 5.87. The number of carbonyl (C=O) groups excluding carboxylic acids is 3. The van der Waals surface area contributed by atoms with Crippen LogP contribution in [-0.2, 0) is 23.8 Å². The van der Waals surface area contributed by atoms with Crippen LogP contribution in [0.5, 0.6) is 0 Å². The van der Waals surface area contributed by atoms with Crippen molar-refractivity contribution in [3.63, 3.8) is 0 Å². The molecule has 2 saturated heterocycles. The van der Waals surface area contributed by atoms with Crippen LogP contribution in [0.15, 0.2) is 48.5 Å². The molecule has 0 radical (unpaired) electrons. The zero-order valence-electron chi connectivity index (χ0n) is 19.1. The maximum absolute atomic E-state index is 12.2. The third-order valence-electron chi connectivity index (χ3n) is 6.62. The molecule has 1 aliphatic carbocycles. The van der Waals surface area contributed by atoms with E-state index in [9.17, 15) is 14.4 Å². The SMILES string of the molecule is N[C@H]1CO[C@H]2[C@@H]1OC[C@@H]2NC(=O)CNC(=O)CNC(=O)OCC1c2ccccc2-c2ccccc21. The number of hydrogen-bond acceptors (Lipinski definition) is 7. The highest BCUT2D eigenvalue weighted by Gasteiger charge is 2.46. The first kappa shape index (κ1) is 23.3. The minimum atomic E-state index is -0.699. The van der Waals surface area contributed by atoms with E-state index in [4.69, 9.17) is 19.9 Å². The number of nitrogens with one attached hydrogen (secondary N) is 3. The number of amides is 3. The van der Waals surface area contributed by atoms with Gasteiger partial charge in [0.25, 0.3) is 0 Å². The normalized spacial score (nSPS) is 24.3. The van der Waals surface area contributed by atoms with E-state index in [0.717, 1.165) is 22.3 Å². The fraction of sp³-hybridized carbons (Fsp3) is 0.400. The molecule has 0 bridgehead atoms. The predicted octanol–water partition coefficient (Wildman–Crippen LogP) is 0.251. The van der Waals surface area contributed by atoms with Crippen molar-refractivity contribution in [2.75, 3.05) is 32.9 Å². The molecule has 5 N–H and O–H groups in total. The van der Waals surface area contributed by atoms with Crippen molar-refractivity contribution in [1.82, 2.24) is 16.0 Å². The molecule has 2 fully saturated rings. The van der Waals surface area contributed by atoms with E-state index < -0.39 is 12.0 Å². The van der Waals surface area contributed by atoms with Crippen LogP contribution in [0.3, 0.4) is 0 Å². The van der Waals surface area contributed by atoms with Crippen molar-refractivity contribution < 1.29 is 28.6 Å². The summed E-state index contributed by atoms with van der Waals surface area (Å²) in [5.74, 6) is -0.950. The topological polar surface area (TPSA) is 141 Å². The van der Waals surface area contributed by atoms with E-state index >= 15 is 0 Å². The lowest BCUT2D eigenvalue weighted by molar-refractivity contribution is -0.126. The van der Waals surface area contributed by atoms with Gasteiger partial charge in [-0.25, -0.2) is 4.79 Å². The second kappa shape index (κ2) is 10.0. The minimum absolute atomic E-state index is 0.0665. The quantitative estimate of drug-likeness (QED) is 0.445. The smallest absolute Gasteiger partial charge is 0.407 e. The molecule has 10 nitrogen and oxygen atoms in total. The van der Waals surface area contributed by atoms with Gasteiger partial charge in [-0.05, 0) is 22.3 Å². The van der Waals surface area contributed by atoms with Crippen LogP contribution >= 0.6 is 0 Å². The van der Waals surface area contributed by atoms with Gasteiger partial charge in [0.1, 0.15) is 25.4 Å². The zero-order chi connectivity index (χ0) is 24.4. The highest BCUT2D eigenvalue weighted by Crippen LogP contribution is 2.44. The maximum Gasteiger partial charge on any atom is 0.407 e. The number of carbonyl (C=O) groups is 3. The van der Waals surface area contributed by atoms with Crippen LogP contribution in [0, 0.1) is 0 Å². The van der Waals surface area contributed by atoms with E-state index in [1.165, 1.54) is 0 Å². The Labute approximate surface area is 202 Å². The average Bonchev–Trinajstić information content (AvgIpc) is 3.54. The number of benzene rings is 2. The van der Waals surface area contributed by atoms with Gasteiger partial charge in [0, 0.05) is 5.92 Å². The summed E-state index contributed by atoms with van der Waals surface area (Å²) in [5, 5.41) is 7.69. The van der Waals surface area contributed by atoms with Gasteiger partial charge in [0.2, 0.25) is 11.8 Å². The Morgan fingerprint density at radius 3 is 2.20 bits per heavy atom. The van der Waals surface area contributed by atoms with Gasteiger partial charge in [-0.2, -0.15) is 0 Å². The van der Waals surface area contributed by atoms with Crippen LogP contribution in [0.4, 0.5) is 4.79 Å². The fourth-order valence-corrected chi connectivity index (χ4v) is 4.95. The number of alkyl carbamates (subject to hydrolysis) is 1. The lowest BCUT2D eigenvalue weighted by atomic mass is 9.98. The van der Waals surface area contributed by atoms with Crippen molar-refractivity contribution in [2.45, 2.75) is 30.2 Å².